The van der Waals surface area contributed by atoms with Crippen LogP contribution in [0.15, 0.2) is 35.5 Å². The molecule has 2 atom stereocenters. The summed E-state index contributed by atoms with van der Waals surface area (Å²) in [5.74, 6) is 1.73. The Morgan fingerprint density at radius 3 is 2.33 bits per heavy atom. The first-order valence-electron chi connectivity index (χ1n) is 9.07. The number of rotatable bonds is 11. The lowest BCUT2D eigenvalue weighted by Gasteiger charge is -2.17. The van der Waals surface area contributed by atoms with Crippen LogP contribution in [0.25, 0.3) is 0 Å². The smallest absolute Gasteiger partial charge is 0.0282 e. The van der Waals surface area contributed by atoms with Gasteiger partial charge in [0.15, 0.2) is 0 Å². The van der Waals surface area contributed by atoms with Crippen LogP contribution in [0.5, 0.6) is 0 Å². The number of hydrogen-bond acceptors (Lipinski definition) is 0. The van der Waals surface area contributed by atoms with Crippen LogP contribution < -0.4 is 0 Å². The summed E-state index contributed by atoms with van der Waals surface area (Å²) in [5.41, 5.74) is 2.91. The second-order valence-electron chi connectivity index (χ2n) is 6.48. The van der Waals surface area contributed by atoms with Gasteiger partial charge in [0.05, 0.1) is 0 Å². The highest BCUT2D eigenvalue weighted by molar-refractivity contribution is 5.31. The van der Waals surface area contributed by atoms with E-state index in [0.717, 1.165) is 11.8 Å². The minimum absolute atomic E-state index is 0.855. The third-order valence-electron chi connectivity index (χ3n) is 4.42. The second kappa shape index (κ2) is 12.9. The van der Waals surface area contributed by atoms with Gasteiger partial charge in [0, 0.05) is 0 Å². The Labute approximate surface area is 134 Å². The van der Waals surface area contributed by atoms with Gasteiger partial charge in [-0.1, -0.05) is 77.7 Å². The third-order valence-corrected chi connectivity index (χ3v) is 4.42. The van der Waals surface area contributed by atoms with Crippen molar-refractivity contribution in [2.24, 2.45) is 11.8 Å². The van der Waals surface area contributed by atoms with Crippen LogP contribution in [0.3, 0.4) is 0 Å². The lowest BCUT2D eigenvalue weighted by atomic mass is 9.88. The van der Waals surface area contributed by atoms with E-state index in [1.54, 1.807) is 0 Å². The molecule has 0 rings (SSSR count). The molecule has 0 aliphatic heterocycles. The van der Waals surface area contributed by atoms with Crippen molar-refractivity contribution in [3.8, 4) is 0 Å². The molecule has 0 aliphatic carbocycles. The van der Waals surface area contributed by atoms with Crippen LogP contribution in [0.1, 0.15) is 86.5 Å². The van der Waals surface area contributed by atoms with Crippen LogP contribution in [0, 0.1) is 11.8 Å². The highest BCUT2D eigenvalue weighted by Crippen LogP contribution is 2.22. The van der Waals surface area contributed by atoms with Gasteiger partial charge in [0.2, 0.25) is 0 Å². The molecule has 0 aromatic heterocycles. The molecule has 0 nitrogen and oxygen atoms in total. The predicted molar refractivity (Wildman–Crippen MR) is 98.6 cm³/mol. The van der Waals surface area contributed by atoms with Gasteiger partial charge in [-0.2, -0.15) is 0 Å². The fourth-order valence-corrected chi connectivity index (χ4v) is 3.04. The highest BCUT2D eigenvalue weighted by Gasteiger charge is 2.09. The van der Waals surface area contributed by atoms with Gasteiger partial charge in [-0.3, -0.25) is 0 Å². The summed E-state index contributed by atoms with van der Waals surface area (Å²) in [6.07, 6.45) is 18.2. The van der Waals surface area contributed by atoms with E-state index in [2.05, 4.69) is 65.8 Å². The summed E-state index contributed by atoms with van der Waals surface area (Å²) in [6.45, 7) is 13.7. The molecule has 0 saturated heterocycles. The maximum atomic E-state index is 2.41. The lowest BCUT2D eigenvalue weighted by Crippen LogP contribution is -2.04. The minimum atomic E-state index is 0.855. The SMILES string of the molecule is C\C=C(CCC)/C(C)=C\C=C\CC(CC)C[C@@H](C)CCC. The van der Waals surface area contributed by atoms with Gasteiger partial charge in [0.25, 0.3) is 0 Å². The first-order chi connectivity index (χ1) is 10.1. The zero-order valence-corrected chi connectivity index (χ0v) is 15.4. The third kappa shape index (κ3) is 9.72. The van der Waals surface area contributed by atoms with E-state index >= 15 is 0 Å². The Balaban J connectivity index is 4.34. The fraction of sp³-hybridized carbons (Fsp3) is 0.714. The van der Waals surface area contributed by atoms with Crippen LogP contribution in [0.2, 0.25) is 0 Å². The summed E-state index contributed by atoms with van der Waals surface area (Å²) in [4.78, 5) is 0. The van der Waals surface area contributed by atoms with Gasteiger partial charge in [-0.25, -0.2) is 0 Å². The summed E-state index contributed by atoms with van der Waals surface area (Å²) < 4.78 is 0. The summed E-state index contributed by atoms with van der Waals surface area (Å²) in [6, 6.07) is 0. The minimum Gasteiger partial charge on any atom is -0.0843 e. The zero-order valence-electron chi connectivity index (χ0n) is 15.4. The average Bonchev–Trinajstić information content (AvgIpc) is 2.47. The molecular weight excluding hydrogens is 252 g/mol. The molecule has 0 heteroatoms. The van der Waals surface area contributed by atoms with Crippen molar-refractivity contribution in [1.29, 1.82) is 0 Å². The molecule has 0 aliphatic rings. The molecule has 122 valence electrons. The van der Waals surface area contributed by atoms with Gasteiger partial charge in [0.1, 0.15) is 0 Å². The topological polar surface area (TPSA) is 0 Å². The first kappa shape index (κ1) is 20.2. The van der Waals surface area contributed by atoms with E-state index in [4.69, 9.17) is 0 Å². The van der Waals surface area contributed by atoms with Crippen molar-refractivity contribution in [3.63, 3.8) is 0 Å². The van der Waals surface area contributed by atoms with Crippen molar-refractivity contribution in [2.45, 2.75) is 86.5 Å². The molecule has 0 spiro atoms. The van der Waals surface area contributed by atoms with Crippen LogP contribution in [0.4, 0.5) is 0 Å². The van der Waals surface area contributed by atoms with E-state index in [0.29, 0.717) is 0 Å². The van der Waals surface area contributed by atoms with E-state index in [1.807, 2.05) is 0 Å². The van der Waals surface area contributed by atoms with Crippen LogP contribution >= 0.6 is 0 Å². The van der Waals surface area contributed by atoms with Crippen LogP contribution in [-0.2, 0) is 0 Å². The normalized spacial score (nSPS) is 16.5. The number of allylic oxidation sites excluding steroid dienone is 6. The molecule has 1 unspecified atom stereocenters. The van der Waals surface area contributed by atoms with Crippen molar-refractivity contribution in [2.75, 3.05) is 0 Å². The van der Waals surface area contributed by atoms with Gasteiger partial charge in [-0.05, 0) is 56.1 Å². The molecule has 0 aromatic rings. The summed E-state index contributed by atoms with van der Waals surface area (Å²) >= 11 is 0. The van der Waals surface area contributed by atoms with Crippen LogP contribution in [-0.4, -0.2) is 0 Å². The molecule has 0 heterocycles. The molecule has 21 heavy (non-hydrogen) atoms. The zero-order chi connectivity index (χ0) is 16.1. The maximum absolute atomic E-state index is 2.41. The monoisotopic (exact) mass is 290 g/mol. The predicted octanol–water partition coefficient (Wildman–Crippen LogP) is 7.48. The second-order valence-corrected chi connectivity index (χ2v) is 6.48. The molecular formula is C21H38. The molecule has 0 fully saturated rings. The van der Waals surface area contributed by atoms with E-state index < -0.39 is 0 Å². The van der Waals surface area contributed by atoms with Crippen molar-refractivity contribution in [1.82, 2.24) is 0 Å². The summed E-state index contributed by atoms with van der Waals surface area (Å²) in [5, 5.41) is 0. The molecule has 0 bridgehead atoms. The number of hydrogen-bond donors (Lipinski definition) is 0. The Morgan fingerprint density at radius 1 is 1.10 bits per heavy atom. The maximum Gasteiger partial charge on any atom is -0.0282 e. The largest absolute Gasteiger partial charge is 0.0843 e. The molecule has 0 saturated carbocycles. The highest BCUT2D eigenvalue weighted by atomic mass is 14.1. The van der Waals surface area contributed by atoms with Crippen molar-refractivity contribution < 1.29 is 0 Å². The van der Waals surface area contributed by atoms with Crippen molar-refractivity contribution >= 4 is 0 Å². The summed E-state index contributed by atoms with van der Waals surface area (Å²) in [7, 11) is 0. The van der Waals surface area contributed by atoms with E-state index in [1.165, 1.54) is 56.1 Å². The standard InChI is InChI=1S/C21H38/c1-7-13-18(5)17-20(9-3)16-12-11-15-19(6)21(10-4)14-8-2/h10-12,15,18,20H,7-9,13-14,16-17H2,1-6H3/b12-11+,19-15-,21-10-/t18-,20?/m0/s1. The Bertz CT molecular complexity index is 330. The van der Waals surface area contributed by atoms with Gasteiger partial charge >= 0.3 is 0 Å². The Morgan fingerprint density at radius 2 is 1.81 bits per heavy atom. The molecule has 0 radical (unpaired) electrons. The molecule has 0 N–H and O–H groups in total. The lowest BCUT2D eigenvalue weighted by molar-refractivity contribution is 0.365. The quantitative estimate of drug-likeness (QED) is 0.346. The van der Waals surface area contributed by atoms with Gasteiger partial charge < -0.3 is 0 Å². The fourth-order valence-electron chi connectivity index (χ4n) is 3.04. The molecule has 0 aromatic carbocycles. The van der Waals surface area contributed by atoms with Crippen molar-refractivity contribution in [3.05, 3.63) is 35.5 Å². The first-order valence-corrected chi connectivity index (χ1v) is 9.07. The van der Waals surface area contributed by atoms with E-state index in [9.17, 15) is 0 Å². The Hall–Kier alpha value is -0.780. The average molecular weight is 291 g/mol. The van der Waals surface area contributed by atoms with Gasteiger partial charge in [-0.15, -0.1) is 0 Å². The van der Waals surface area contributed by atoms with E-state index in [-0.39, 0.29) is 0 Å². The Kier molecular flexibility index (Phi) is 12.4. The molecule has 0 amide bonds.